The Morgan fingerprint density at radius 3 is 2.55 bits per heavy atom. The maximum absolute atomic E-state index is 13.0. The van der Waals surface area contributed by atoms with Gasteiger partial charge in [0.25, 0.3) is 0 Å². The Morgan fingerprint density at radius 1 is 1.11 bits per heavy atom. The second-order valence-electron chi connectivity index (χ2n) is 10.1. The molecule has 0 radical (unpaired) electrons. The first-order chi connectivity index (χ1) is 18.4. The number of amides is 3. The highest BCUT2D eigenvalue weighted by atomic mass is 32.1. The fourth-order valence-electron chi connectivity index (χ4n) is 5.24. The number of aromatic nitrogens is 1. The number of hydrogen-bond donors (Lipinski definition) is 1. The predicted octanol–water partition coefficient (Wildman–Crippen LogP) is 3.34. The van der Waals surface area contributed by atoms with Crippen molar-refractivity contribution in [1.82, 2.24) is 14.8 Å². The number of rotatable bonds is 10. The van der Waals surface area contributed by atoms with Gasteiger partial charge in [-0.05, 0) is 31.4 Å². The average molecular weight is 542 g/mol. The largest absolute Gasteiger partial charge is 0.383 e. The molecule has 2 fully saturated rings. The quantitative estimate of drug-likeness (QED) is 0.496. The zero-order chi connectivity index (χ0) is 26.9. The van der Waals surface area contributed by atoms with Gasteiger partial charge in [0.05, 0.1) is 18.7 Å². The first-order valence-corrected chi connectivity index (χ1v) is 14.4. The molecule has 1 aromatic heterocycles. The molecule has 9 nitrogen and oxygen atoms in total. The number of hydrogen-bond acceptors (Lipinski definition) is 7. The van der Waals surface area contributed by atoms with Crippen molar-refractivity contribution >= 4 is 39.9 Å². The van der Waals surface area contributed by atoms with Crippen LogP contribution in [0.5, 0.6) is 0 Å². The van der Waals surface area contributed by atoms with Crippen molar-refractivity contribution in [2.24, 2.45) is 5.92 Å². The van der Waals surface area contributed by atoms with Crippen LogP contribution in [0.2, 0.25) is 0 Å². The van der Waals surface area contributed by atoms with E-state index < -0.39 is 0 Å². The molecule has 2 aliphatic rings. The normalized spacial score (nSPS) is 16.4. The van der Waals surface area contributed by atoms with Gasteiger partial charge in [0.1, 0.15) is 6.54 Å². The zero-order valence-corrected chi connectivity index (χ0v) is 23.3. The predicted molar refractivity (Wildman–Crippen MR) is 149 cm³/mol. The lowest BCUT2D eigenvalue weighted by Crippen LogP contribution is -2.49. The SMILES string of the molecule is COCCN(CC(=O)Nc1nc(CC(=O)N2CCN(c3ccccc3C)CC2)cs1)C(=O)C1CCCCC1. The third kappa shape index (κ3) is 7.54. The van der Waals surface area contributed by atoms with Crippen molar-refractivity contribution in [3.05, 3.63) is 40.9 Å². The molecule has 0 unspecified atom stereocenters. The summed E-state index contributed by atoms with van der Waals surface area (Å²) < 4.78 is 5.16. The number of nitrogens with one attached hydrogen (secondary N) is 1. The average Bonchev–Trinajstić information content (AvgIpc) is 3.37. The van der Waals surface area contributed by atoms with E-state index >= 15 is 0 Å². The van der Waals surface area contributed by atoms with Crippen LogP contribution in [0.25, 0.3) is 0 Å². The zero-order valence-electron chi connectivity index (χ0n) is 22.5. The number of nitrogens with zero attached hydrogens (tertiary/aromatic N) is 4. The van der Waals surface area contributed by atoms with Gasteiger partial charge in [0.2, 0.25) is 17.7 Å². The molecule has 206 valence electrons. The third-order valence-corrected chi connectivity index (χ3v) is 8.19. The molecule has 38 heavy (non-hydrogen) atoms. The van der Waals surface area contributed by atoms with Crippen molar-refractivity contribution < 1.29 is 19.1 Å². The molecule has 0 atom stereocenters. The van der Waals surface area contributed by atoms with Gasteiger partial charge in [-0.25, -0.2) is 4.98 Å². The first-order valence-electron chi connectivity index (χ1n) is 13.5. The van der Waals surface area contributed by atoms with Crippen LogP contribution in [0.4, 0.5) is 10.8 Å². The van der Waals surface area contributed by atoms with Gasteiger partial charge in [-0.2, -0.15) is 0 Å². The summed E-state index contributed by atoms with van der Waals surface area (Å²) in [6, 6.07) is 8.32. The summed E-state index contributed by atoms with van der Waals surface area (Å²) in [6.07, 6.45) is 5.26. The minimum Gasteiger partial charge on any atom is -0.383 e. The van der Waals surface area contributed by atoms with E-state index in [0.717, 1.165) is 38.8 Å². The van der Waals surface area contributed by atoms with Crippen LogP contribution >= 0.6 is 11.3 Å². The third-order valence-electron chi connectivity index (χ3n) is 7.38. The van der Waals surface area contributed by atoms with Gasteiger partial charge in [0, 0.05) is 56.8 Å². The summed E-state index contributed by atoms with van der Waals surface area (Å²) in [5.41, 5.74) is 3.11. The smallest absolute Gasteiger partial charge is 0.245 e. The van der Waals surface area contributed by atoms with E-state index in [2.05, 4.69) is 34.3 Å². The minimum atomic E-state index is -0.287. The summed E-state index contributed by atoms with van der Waals surface area (Å²) in [5.74, 6) is -0.222. The summed E-state index contributed by atoms with van der Waals surface area (Å²) in [7, 11) is 1.59. The number of aryl methyl sites for hydroxylation is 1. The molecule has 3 amide bonds. The van der Waals surface area contributed by atoms with Gasteiger partial charge in [0.15, 0.2) is 5.13 Å². The molecule has 1 saturated heterocycles. The van der Waals surface area contributed by atoms with Crippen molar-refractivity contribution in [3.8, 4) is 0 Å². The number of para-hydroxylation sites is 1. The topological polar surface area (TPSA) is 95.1 Å². The Labute approximate surface area is 229 Å². The first kappa shape index (κ1) is 28.0. The molecule has 10 heteroatoms. The van der Waals surface area contributed by atoms with E-state index in [1.54, 1.807) is 12.0 Å². The van der Waals surface area contributed by atoms with Crippen LogP contribution in [0.1, 0.15) is 43.4 Å². The van der Waals surface area contributed by atoms with E-state index in [0.29, 0.717) is 37.1 Å². The molecule has 1 saturated carbocycles. The Bertz CT molecular complexity index is 1090. The molecule has 1 aromatic carbocycles. The van der Waals surface area contributed by atoms with Crippen molar-refractivity contribution in [3.63, 3.8) is 0 Å². The van der Waals surface area contributed by atoms with Crippen LogP contribution in [0.3, 0.4) is 0 Å². The second kappa shape index (κ2) is 13.7. The standard InChI is InChI=1S/C28H39N5O4S/c1-21-8-6-7-11-24(21)31-12-14-32(15-13-31)26(35)18-23-20-38-28(29-23)30-25(34)19-33(16-17-37-2)27(36)22-9-4-3-5-10-22/h6-8,11,20,22H,3-5,9-10,12-19H2,1-2H3,(H,29,30,34). The number of piperazine rings is 1. The van der Waals surface area contributed by atoms with Crippen molar-refractivity contribution in [2.75, 3.05) is 63.2 Å². The maximum atomic E-state index is 13.0. The maximum Gasteiger partial charge on any atom is 0.245 e. The number of thiazole rings is 1. The van der Waals surface area contributed by atoms with Gasteiger partial charge in [-0.3, -0.25) is 14.4 Å². The fourth-order valence-corrected chi connectivity index (χ4v) is 5.96. The van der Waals surface area contributed by atoms with Gasteiger partial charge >= 0.3 is 0 Å². The molecule has 1 aliphatic heterocycles. The number of methoxy groups -OCH3 is 1. The van der Waals surface area contributed by atoms with Crippen LogP contribution < -0.4 is 10.2 Å². The lowest BCUT2D eigenvalue weighted by Gasteiger charge is -2.36. The number of carbonyl (C=O) groups is 3. The summed E-state index contributed by atoms with van der Waals surface area (Å²) in [6.45, 7) is 5.79. The van der Waals surface area contributed by atoms with Gasteiger partial charge < -0.3 is 24.8 Å². The van der Waals surface area contributed by atoms with E-state index in [1.807, 2.05) is 22.4 Å². The van der Waals surface area contributed by atoms with E-state index in [4.69, 9.17) is 4.74 Å². The van der Waals surface area contributed by atoms with Crippen molar-refractivity contribution in [1.29, 1.82) is 0 Å². The highest BCUT2D eigenvalue weighted by molar-refractivity contribution is 7.13. The number of anilines is 2. The van der Waals surface area contributed by atoms with E-state index in [9.17, 15) is 14.4 Å². The molecule has 4 rings (SSSR count). The Morgan fingerprint density at radius 2 is 1.84 bits per heavy atom. The molecule has 0 bridgehead atoms. The van der Waals surface area contributed by atoms with Crippen LogP contribution in [0.15, 0.2) is 29.6 Å². The molecule has 0 spiro atoms. The lowest BCUT2D eigenvalue weighted by molar-refractivity contribution is -0.140. The van der Waals surface area contributed by atoms with Gasteiger partial charge in [-0.15, -0.1) is 11.3 Å². The monoisotopic (exact) mass is 541 g/mol. The van der Waals surface area contributed by atoms with Crippen LogP contribution in [-0.2, 0) is 25.5 Å². The molecule has 1 N–H and O–H groups in total. The van der Waals surface area contributed by atoms with E-state index in [-0.39, 0.29) is 36.6 Å². The fraction of sp³-hybridized carbons (Fsp3) is 0.571. The summed E-state index contributed by atoms with van der Waals surface area (Å²) in [5, 5.41) is 5.07. The van der Waals surface area contributed by atoms with Gasteiger partial charge in [-0.1, -0.05) is 37.5 Å². The molecule has 2 heterocycles. The molecular weight excluding hydrogens is 502 g/mol. The molecule has 2 aromatic rings. The highest BCUT2D eigenvalue weighted by Crippen LogP contribution is 2.26. The highest BCUT2D eigenvalue weighted by Gasteiger charge is 2.27. The van der Waals surface area contributed by atoms with Crippen LogP contribution in [0, 0.1) is 12.8 Å². The molecule has 1 aliphatic carbocycles. The number of ether oxygens (including phenoxy) is 1. The lowest BCUT2D eigenvalue weighted by atomic mass is 9.88. The number of carbonyl (C=O) groups excluding carboxylic acids is 3. The second-order valence-corrected chi connectivity index (χ2v) is 11.0. The van der Waals surface area contributed by atoms with Crippen LogP contribution in [-0.4, -0.2) is 85.5 Å². The van der Waals surface area contributed by atoms with Crippen molar-refractivity contribution in [2.45, 2.75) is 45.4 Å². The van der Waals surface area contributed by atoms with E-state index in [1.165, 1.54) is 29.0 Å². The summed E-state index contributed by atoms with van der Waals surface area (Å²) >= 11 is 1.30. The Balaban J connectivity index is 1.25. The Hall–Kier alpha value is -2.98. The number of benzene rings is 1. The minimum absolute atomic E-state index is 0.00975. The molecular formula is C28H39N5O4S. The summed E-state index contributed by atoms with van der Waals surface area (Å²) in [4.78, 5) is 49.0. The Kier molecular flexibility index (Phi) is 10.1.